The summed E-state index contributed by atoms with van der Waals surface area (Å²) in [7, 11) is -3.66. The van der Waals surface area contributed by atoms with Crippen LogP contribution in [0.4, 0.5) is 0 Å². The minimum Gasteiger partial charge on any atom is -0.295 e. The highest BCUT2D eigenvalue weighted by Gasteiger charge is 2.14. The van der Waals surface area contributed by atoms with E-state index >= 15 is 0 Å². The summed E-state index contributed by atoms with van der Waals surface area (Å²) in [5, 5.41) is 4.08. The van der Waals surface area contributed by atoms with Gasteiger partial charge in [-0.1, -0.05) is 18.2 Å². The Morgan fingerprint density at radius 2 is 1.92 bits per heavy atom. The molecule has 25 heavy (non-hydrogen) atoms. The first-order valence-electron chi connectivity index (χ1n) is 7.51. The predicted molar refractivity (Wildman–Crippen MR) is 91.8 cm³/mol. The second kappa shape index (κ2) is 6.96. The third-order valence-corrected chi connectivity index (χ3v) is 5.00. The lowest BCUT2D eigenvalue weighted by Crippen LogP contribution is -2.23. The van der Waals surface area contributed by atoms with E-state index in [4.69, 9.17) is 0 Å². The van der Waals surface area contributed by atoms with Crippen molar-refractivity contribution in [3.8, 4) is 5.82 Å². The van der Waals surface area contributed by atoms with Gasteiger partial charge in [0, 0.05) is 30.7 Å². The number of sulfonamides is 1. The number of aromatic nitrogens is 3. The maximum absolute atomic E-state index is 12.3. The van der Waals surface area contributed by atoms with Crippen molar-refractivity contribution in [2.24, 2.45) is 0 Å². The molecule has 1 N–H and O–H groups in total. The van der Waals surface area contributed by atoms with Gasteiger partial charge in [-0.2, -0.15) is 5.10 Å². The van der Waals surface area contributed by atoms with E-state index in [0.29, 0.717) is 11.4 Å². The summed E-state index contributed by atoms with van der Waals surface area (Å²) in [6.45, 7) is 1.55. The lowest BCUT2D eigenvalue weighted by Gasteiger charge is -2.08. The fraction of sp³-hybridized carbons (Fsp3) is 0.118. The Bertz CT molecular complexity index is 964. The maximum atomic E-state index is 12.3. The number of Topliss-reactive ketones (excluding diaryl/α,β-unsaturated/α-hetero) is 1. The largest absolute Gasteiger partial charge is 0.295 e. The van der Waals surface area contributed by atoms with Gasteiger partial charge in [0.2, 0.25) is 10.0 Å². The number of pyridine rings is 1. The molecule has 0 saturated heterocycles. The molecular formula is C17H16N4O3S. The number of carbonyl (C=O) groups excluding carboxylic acids is 1. The van der Waals surface area contributed by atoms with Crippen LogP contribution in [0.25, 0.3) is 5.82 Å². The van der Waals surface area contributed by atoms with E-state index in [-0.39, 0.29) is 17.2 Å². The number of rotatable bonds is 6. The molecule has 0 aliphatic heterocycles. The molecule has 0 aliphatic carbocycles. The molecule has 2 heterocycles. The number of carbonyl (C=O) groups is 1. The van der Waals surface area contributed by atoms with Crippen molar-refractivity contribution in [3.05, 3.63) is 72.2 Å². The lowest BCUT2D eigenvalue weighted by molar-refractivity contribution is 0.101. The van der Waals surface area contributed by atoms with Crippen LogP contribution in [0.5, 0.6) is 0 Å². The van der Waals surface area contributed by atoms with Gasteiger partial charge in [0.05, 0.1) is 4.90 Å². The van der Waals surface area contributed by atoms with Gasteiger partial charge in [0.25, 0.3) is 0 Å². The fourth-order valence-corrected chi connectivity index (χ4v) is 3.21. The van der Waals surface area contributed by atoms with Crippen LogP contribution in [-0.2, 0) is 16.6 Å². The zero-order valence-corrected chi connectivity index (χ0v) is 14.3. The minimum atomic E-state index is -3.66. The molecule has 7 nitrogen and oxygen atoms in total. The van der Waals surface area contributed by atoms with Gasteiger partial charge in [-0.25, -0.2) is 22.8 Å². The highest BCUT2D eigenvalue weighted by atomic mass is 32.2. The molecule has 0 unspecified atom stereocenters. The molecule has 0 aliphatic rings. The van der Waals surface area contributed by atoms with Crippen molar-refractivity contribution in [1.29, 1.82) is 0 Å². The monoisotopic (exact) mass is 356 g/mol. The molecule has 3 rings (SSSR count). The second-order valence-corrected chi connectivity index (χ2v) is 7.15. The van der Waals surface area contributed by atoms with Crippen LogP contribution in [0.3, 0.4) is 0 Å². The van der Waals surface area contributed by atoms with Gasteiger partial charge in [-0.05, 0) is 36.8 Å². The smallest absolute Gasteiger partial charge is 0.240 e. The third kappa shape index (κ3) is 3.98. The standard InChI is InChI=1S/C17H16N4O3S/c1-13(22)15-4-6-16(7-5-15)25(23,24)20-12-14-3-8-17(18-11-14)21-10-2-9-19-21/h2-11,20H,12H2,1H3. The average molecular weight is 356 g/mol. The molecule has 8 heteroatoms. The van der Waals surface area contributed by atoms with Crippen LogP contribution < -0.4 is 4.72 Å². The predicted octanol–water partition coefficient (Wildman–Crippen LogP) is 1.95. The van der Waals surface area contributed by atoms with Crippen LogP contribution in [0.15, 0.2) is 66.0 Å². The van der Waals surface area contributed by atoms with Crippen LogP contribution >= 0.6 is 0 Å². The van der Waals surface area contributed by atoms with E-state index in [0.717, 1.165) is 5.56 Å². The number of hydrogen-bond donors (Lipinski definition) is 1. The first-order valence-corrected chi connectivity index (χ1v) is 9.00. The van der Waals surface area contributed by atoms with Crippen molar-refractivity contribution in [2.45, 2.75) is 18.4 Å². The summed E-state index contributed by atoms with van der Waals surface area (Å²) in [6, 6.07) is 11.2. The Labute approximate surface area is 145 Å². The highest BCUT2D eigenvalue weighted by molar-refractivity contribution is 7.89. The van der Waals surface area contributed by atoms with Crippen molar-refractivity contribution >= 4 is 15.8 Å². The second-order valence-electron chi connectivity index (χ2n) is 5.38. The van der Waals surface area contributed by atoms with Crippen molar-refractivity contribution < 1.29 is 13.2 Å². The molecule has 3 aromatic rings. The summed E-state index contributed by atoms with van der Waals surface area (Å²) in [5.41, 5.74) is 1.19. The zero-order chi connectivity index (χ0) is 17.9. The Kier molecular flexibility index (Phi) is 4.73. The number of hydrogen-bond acceptors (Lipinski definition) is 5. The number of nitrogens with one attached hydrogen (secondary N) is 1. The van der Waals surface area contributed by atoms with Crippen LogP contribution in [-0.4, -0.2) is 29.0 Å². The van der Waals surface area contributed by atoms with Crippen LogP contribution in [0, 0.1) is 0 Å². The zero-order valence-electron chi connectivity index (χ0n) is 13.5. The van der Waals surface area contributed by atoms with Crippen LogP contribution in [0.1, 0.15) is 22.8 Å². The topological polar surface area (TPSA) is 94.0 Å². The molecule has 2 aromatic heterocycles. The maximum Gasteiger partial charge on any atom is 0.240 e. The first-order chi connectivity index (χ1) is 12.0. The van der Waals surface area contributed by atoms with Crippen molar-refractivity contribution in [3.63, 3.8) is 0 Å². The quantitative estimate of drug-likeness (QED) is 0.681. The molecular weight excluding hydrogens is 340 g/mol. The van der Waals surface area contributed by atoms with Gasteiger partial charge in [-0.3, -0.25) is 4.79 Å². The molecule has 0 atom stereocenters. The van der Waals surface area contributed by atoms with Gasteiger partial charge in [-0.15, -0.1) is 0 Å². The van der Waals surface area contributed by atoms with Crippen molar-refractivity contribution in [1.82, 2.24) is 19.5 Å². The Morgan fingerprint density at radius 1 is 1.16 bits per heavy atom. The van der Waals surface area contributed by atoms with Gasteiger partial charge < -0.3 is 0 Å². The molecule has 128 valence electrons. The third-order valence-electron chi connectivity index (χ3n) is 3.59. The Hall–Kier alpha value is -2.84. The van der Waals surface area contributed by atoms with E-state index in [1.807, 2.05) is 0 Å². The molecule has 0 fully saturated rings. The average Bonchev–Trinajstić information content (AvgIpc) is 3.15. The minimum absolute atomic E-state index is 0.110. The van der Waals surface area contributed by atoms with E-state index in [2.05, 4.69) is 14.8 Å². The summed E-state index contributed by atoms with van der Waals surface area (Å²) in [4.78, 5) is 15.6. The molecule has 1 aromatic carbocycles. The van der Waals surface area contributed by atoms with Gasteiger partial charge in [0.15, 0.2) is 11.6 Å². The van der Waals surface area contributed by atoms with E-state index in [9.17, 15) is 13.2 Å². The molecule has 0 spiro atoms. The van der Waals surface area contributed by atoms with Crippen molar-refractivity contribution in [2.75, 3.05) is 0 Å². The van der Waals surface area contributed by atoms with Crippen LogP contribution in [0.2, 0.25) is 0 Å². The number of nitrogens with zero attached hydrogens (tertiary/aromatic N) is 3. The van der Waals surface area contributed by atoms with E-state index < -0.39 is 10.0 Å². The molecule has 0 saturated carbocycles. The van der Waals surface area contributed by atoms with Gasteiger partial charge >= 0.3 is 0 Å². The summed E-state index contributed by atoms with van der Waals surface area (Å²) in [6.07, 6.45) is 5.02. The van der Waals surface area contributed by atoms with Gasteiger partial charge in [0.1, 0.15) is 0 Å². The molecule has 0 bridgehead atoms. The Balaban J connectivity index is 1.68. The SMILES string of the molecule is CC(=O)c1ccc(S(=O)(=O)NCc2ccc(-n3cccn3)nc2)cc1. The Morgan fingerprint density at radius 3 is 2.48 bits per heavy atom. The van der Waals surface area contributed by atoms with E-state index in [1.165, 1.54) is 31.2 Å². The summed E-state index contributed by atoms with van der Waals surface area (Å²) < 4.78 is 28.8. The number of benzene rings is 1. The lowest BCUT2D eigenvalue weighted by atomic mass is 10.2. The highest BCUT2D eigenvalue weighted by Crippen LogP contribution is 2.12. The summed E-state index contributed by atoms with van der Waals surface area (Å²) in [5.74, 6) is 0.539. The molecule has 0 radical (unpaired) electrons. The summed E-state index contributed by atoms with van der Waals surface area (Å²) >= 11 is 0. The normalized spacial score (nSPS) is 11.4. The van der Waals surface area contributed by atoms with E-state index in [1.54, 1.807) is 41.5 Å². The fourth-order valence-electron chi connectivity index (χ4n) is 2.19. The molecule has 0 amide bonds. The first kappa shape index (κ1) is 17.0. The number of ketones is 1.